The van der Waals surface area contributed by atoms with Crippen molar-refractivity contribution < 1.29 is 0 Å². The topological polar surface area (TPSA) is 15.3 Å². The van der Waals surface area contributed by atoms with Crippen molar-refractivity contribution in [3.8, 4) is 0 Å². The highest BCUT2D eigenvalue weighted by Crippen LogP contribution is 2.15. The third-order valence-electron chi connectivity index (χ3n) is 3.68. The predicted molar refractivity (Wildman–Crippen MR) is 90.6 cm³/mol. The Hall–Kier alpha value is -1.02. The van der Waals surface area contributed by atoms with E-state index in [1.54, 1.807) is 0 Å². The molecule has 0 spiro atoms. The molecule has 0 amide bonds. The van der Waals surface area contributed by atoms with Crippen LogP contribution >= 0.6 is 0 Å². The molecule has 2 nitrogen and oxygen atoms in total. The van der Waals surface area contributed by atoms with Crippen molar-refractivity contribution in [3.63, 3.8) is 0 Å². The van der Waals surface area contributed by atoms with E-state index in [9.17, 15) is 0 Å². The van der Waals surface area contributed by atoms with Crippen LogP contribution in [0.5, 0.6) is 0 Å². The molecule has 20 heavy (non-hydrogen) atoms. The van der Waals surface area contributed by atoms with Gasteiger partial charge in [0, 0.05) is 18.8 Å². The SMILES string of the molecule is CCCCN(CCCCCCNCC)c1ccccc1. The summed E-state index contributed by atoms with van der Waals surface area (Å²) in [6.07, 6.45) is 7.88. The molecule has 0 unspecified atom stereocenters. The average molecular weight is 276 g/mol. The molecule has 0 aliphatic rings. The van der Waals surface area contributed by atoms with Gasteiger partial charge in [-0.05, 0) is 44.5 Å². The molecule has 1 aromatic rings. The molecule has 2 heteroatoms. The molecule has 0 atom stereocenters. The van der Waals surface area contributed by atoms with Gasteiger partial charge < -0.3 is 10.2 Å². The van der Waals surface area contributed by atoms with Crippen LogP contribution in [0.2, 0.25) is 0 Å². The minimum absolute atomic E-state index is 1.10. The lowest BCUT2D eigenvalue weighted by Crippen LogP contribution is -2.25. The summed E-state index contributed by atoms with van der Waals surface area (Å²) in [6.45, 7) is 9.10. The van der Waals surface area contributed by atoms with E-state index in [0.717, 1.165) is 6.54 Å². The van der Waals surface area contributed by atoms with E-state index in [1.165, 1.54) is 63.8 Å². The highest BCUT2D eigenvalue weighted by Gasteiger charge is 2.04. The first kappa shape index (κ1) is 17.0. The van der Waals surface area contributed by atoms with Crippen LogP contribution in [0.15, 0.2) is 30.3 Å². The van der Waals surface area contributed by atoms with E-state index in [4.69, 9.17) is 0 Å². The number of para-hydroxylation sites is 1. The largest absolute Gasteiger partial charge is 0.372 e. The van der Waals surface area contributed by atoms with Crippen molar-refractivity contribution in [2.45, 2.75) is 52.4 Å². The van der Waals surface area contributed by atoms with Crippen molar-refractivity contribution in [2.24, 2.45) is 0 Å². The number of benzene rings is 1. The Balaban J connectivity index is 2.24. The third kappa shape index (κ3) is 7.54. The van der Waals surface area contributed by atoms with E-state index in [2.05, 4.69) is 54.4 Å². The molecule has 0 heterocycles. The smallest absolute Gasteiger partial charge is 0.0366 e. The van der Waals surface area contributed by atoms with E-state index in [0.29, 0.717) is 0 Å². The number of nitrogens with zero attached hydrogens (tertiary/aromatic N) is 1. The molecule has 0 radical (unpaired) electrons. The van der Waals surface area contributed by atoms with Gasteiger partial charge >= 0.3 is 0 Å². The third-order valence-corrected chi connectivity index (χ3v) is 3.68. The Morgan fingerprint density at radius 2 is 1.55 bits per heavy atom. The van der Waals surface area contributed by atoms with Crippen LogP contribution in [0.3, 0.4) is 0 Å². The van der Waals surface area contributed by atoms with Gasteiger partial charge in [0.2, 0.25) is 0 Å². The maximum absolute atomic E-state index is 3.39. The molecule has 1 rings (SSSR count). The summed E-state index contributed by atoms with van der Waals surface area (Å²) in [5.41, 5.74) is 1.38. The van der Waals surface area contributed by atoms with Gasteiger partial charge in [-0.2, -0.15) is 0 Å². The fourth-order valence-corrected chi connectivity index (χ4v) is 2.44. The molecular formula is C18H32N2. The molecule has 0 fully saturated rings. The molecule has 0 saturated carbocycles. The lowest BCUT2D eigenvalue weighted by molar-refractivity contribution is 0.587. The normalized spacial score (nSPS) is 10.7. The molecular weight excluding hydrogens is 244 g/mol. The molecule has 1 N–H and O–H groups in total. The van der Waals surface area contributed by atoms with Gasteiger partial charge in [0.25, 0.3) is 0 Å². The second-order valence-electron chi connectivity index (χ2n) is 5.44. The average Bonchev–Trinajstić information content (AvgIpc) is 2.50. The number of anilines is 1. The highest BCUT2D eigenvalue weighted by molar-refractivity contribution is 5.45. The molecule has 0 bridgehead atoms. The van der Waals surface area contributed by atoms with Crippen LogP contribution in [-0.4, -0.2) is 26.2 Å². The highest BCUT2D eigenvalue weighted by atomic mass is 15.1. The van der Waals surface area contributed by atoms with Gasteiger partial charge in [0.05, 0.1) is 0 Å². The summed E-state index contributed by atoms with van der Waals surface area (Å²) in [4.78, 5) is 2.55. The summed E-state index contributed by atoms with van der Waals surface area (Å²) >= 11 is 0. The van der Waals surface area contributed by atoms with Crippen LogP contribution in [0.1, 0.15) is 52.4 Å². The summed E-state index contributed by atoms with van der Waals surface area (Å²) in [6, 6.07) is 10.9. The van der Waals surface area contributed by atoms with E-state index >= 15 is 0 Å². The van der Waals surface area contributed by atoms with Gasteiger partial charge in [-0.3, -0.25) is 0 Å². The van der Waals surface area contributed by atoms with Crippen LogP contribution < -0.4 is 10.2 Å². The Kier molecular flexibility index (Phi) is 10.0. The van der Waals surface area contributed by atoms with Gasteiger partial charge in [-0.25, -0.2) is 0 Å². The minimum Gasteiger partial charge on any atom is -0.372 e. The second kappa shape index (κ2) is 11.8. The molecule has 0 aliphatic carbocycles. The quantitative estimate of drug-likeness (QED) is 0.567. The standard InChI is InChI=1S/C18H32N2/c1-3-5-16-20(18-13-9-8-10-14-18)17-12-7-6-11-15-19-4-2/h8-10,13-14,19H,3-7,11-12,15-17H2,1-2H3. The van der Waals surface area contributed by atoms with Crippen molar-refractivity contribution in [3.05, 3.63) is 30.3 Å². The summed E-state index contributed by atoms with van der Waals surface area (Å²) < 4.78 is 0. The Morgan fingerprint density at radius 3 is 2.25 bits per heavy atom. The van der Waals surface area contributed by atoms with Gasteiger partial charge in [-0.15, -0.1) is 0 Å². The summed E-state index contributed by atoms with van der Waals surface area (Å²) in [5, 5.41) is 3.39. The van der Waals surface area contributed by atoms with Crippen LogP contribution in [0, 0.1) is 0 Å². The van der Waals surface area contributed by atoms with E-state index in [-0.39, 0.29) is 0 Å². The number of hydrogen-bond acceptors (Lipinski definition) is 2. The summed E-state index contributed by atoms with van der Waals surface area (Å²) in [5.74, 6) is 0. The van der Waals surface area contributed by atoms with Gasteiger partial charge in [0.1, 0.15) is 0 Å². The Bertz CT molecular complexity index is 310. The second-order valence-corrected chi connectivity index (χ2v) is 5.44. The zero-order valence-electron chi connectivity index (χ0n) is 13.4. The lowest BCUT2D eigenvalue weighted by atomic mass is 10.1. The van der Waals surface area contributed by atoms with Crippen LogP contribution in [-0.2, 0) is 0 Å². The number of unbranched alkanes of at least 4 members (excludes halogenated alkanes) is 4. The molecule has 114 valence electrons. The first-order valence-electron chi connectivity index (χ1n) is 8.39. The van der Waals surface area contributed by atoms with E-state index < -0.39 is 0 Å². The van der Waals surface area contributed by atoms with Crippen molar-refractivity contribution in [1.29, 1.82) is 0 Å². The first-order chi connectivity index (χ1) is 9.88. The summed E-state index contributed by atoms with van der Waals surface area (Å²) in [7, 11) is 0. The Morgan fingerprint density at radius 1 is 0.850 bits per heavy atom. The maximum Gasteiger partial charge on any atom is 0.0366 e. The minimum atomic E-state index is 1.10. The fraction of sp³-hybridized carbons (Fsp3) is 0.667. The van der Waals surface area contributed by atoms with Crippen LogP contribution in [0.25, 0.3) is 0 Å². The van der Waals surface area contributed by atoms with Gasteiger partial charge in [0.15, 0.2) is 0 Å². The van der Waals surface area contributed by atoms with Crippen molar-refractivity contribution in [2.75, 3.05) is 31.1 Å². The molecule has 0 aromatic heterocycles. The molecule has 1 aromatic carbocycles. The van der Waals surface area contributed by atoms with Crippen LogP contribution in [0.4, 0.5) is 5.69 Å². The predicted octanol–water partition coefficient (Wildman–Crippen LogP) is 4.46. The van der Waals surface area contributed by atoms with Gasteiger partial charge in [-0.1, -0.05) is 51.3 Å². The van der Waals surface area contributed by atoms with Crippen molar-refractivity contribution in [1.82, 2.24) is 5.32 Å². The monoisotopic (exact) mass is 276 g/mol. The Labute approximate surface area is 125 Å². The number of rotatable bonds is 12. The lowest BCUT2D eigenvalue weighted by Gasteiger charge is -2.24. The van der Waals surface area contributed by atoms with E-state index in [1.807, 2.05) is 0 Å². The maximum atomic E-state index is 3.39. The molecule has 0 aliphatic heterocycles. The van der Waals surface area contributed by atoms with Crippen molar-refractivity contribution >= 4 is 5.69 Å². The zero-order chi connectivity index (χ0) is 14.5. The number of nitrogens with one attached hydrogen (secondary N) is 1. The number of hydrogen-bond donors (Lipinski definition) is 1. The zero-order valence-corrected chi connectivity index (χ0v) is 13.4. The first-order valence-corrected chi connectivity index (χ1v) is 8.39. The molecule has 0 saturated heterocycles. The fourth-order valence-electron chi connectivity index (χ4n) is 2.44.